The van der Waals surface area contributed by atoms with Gasteiger partial charge >= 0.3 is 0 Å². The molecule has 1 aliphatic rings. The average Bonchev–Trinajstić information content (AvgIpc) is 2.74. The topological polar surface area (TPSA) is 102 Å². The van der Waals surface area contributed by atoms with E-state index in [9.17, 15) is 16.8 Å². The van der Waals surface area contributed by atoms with Gasteiger partial charge in [0.2, 0.25) is 10.0 Å². The lowest BCUT2D eigenvalue weighted by atomic mass is 10.2. The molecular formula is C19H23BrN2O6S2. The van der Waals surface area contributed by atoms with Crippen molar-refractivity contribution in [2.45, 2.75) is 29.1 Å². The van der Waals surface area contributed by atoms with E-state index in [-0.39, 0.29) is 27.0 Å². The van der Waals surface area contributed by atoms with Crippen LogP contribution in [0.3, 0.4) is 0 Å². The van der Waals surface area contributed by atoms with Crippen LogP contribution in [-0.4, -0.2) is 48.4 Å². The van der Waals surface area contributed by atoms with Gasteiger partial charge in [-0.15, -0.1) is 0 Å². The summed E-state index contributed by atoms with van der Waals surface area (Å²) in [7, 11) is -5.12. The monoisotopic (exact) mass is 518 g/mol. The fraction of sp³-hybridized carbons (Fsp3) is 0.368. The minimum Gasteiger partial charge on any atom is -0.495 e. The first-order valence-electron chi connectivity index (χ1n) is 9.23. The average molecular weight is 519 g/mol. The van der Waals surface area contributed by atoms with Crippen molar-refractivity contribution in [1.29, 1.82) is 0 Å². The fourth-order valence-corrected chi connectivity index (χ4v) is 6.71. The maximum Gasteiger partial charge on any atom is 0.265 e. The summed E-state index contributed by atoms with van der Waals surface area (Å²) in [6, 6.07) is 8.77. The van der Waals surface area contributed by atoms with Crippen LogP contribution in [0.2, 0.25) is 0 Å². The van der Waals surface area contributed by atoms with E-state index in [0.29, 0.717) is 17.6 Å². The molecule has 1 saturated heterocycles. The van der Waals surface area contributed by atoms with Crippen LogP contribution >= 0.6 is 15.9 Å². The fourth-order valence-electron chi connectivity index (χ4n) is 3.26. The normalized spacial score (nSPS) is 15.6. The Morgan fingerprint density at radius 1 is 0.867 bits per heavy atom. The van der Waals surface area contributed by atoms with E-state index >= 15 is 0 Å². The number of halogens is 1. The van der Waals surface area contributed by atoms with Crippen LogP contribution in [0.1, 0.15) is 19.3 Å². The summed E-state index contributed by atoms with van der Waals surface area (Å²) in [5.74, 6) is 0.323. The molecule has 0 atom stereocenters. The van der Waals surface area contributed by atoms with Crippen molar-refractivity contribution < 1.29 is 26.3 Å². The first kappa shape index (κ1) is 22.9. The van der Waals surface area contributed by atoms with Crippen LogP contribution < -0.4 is 14.2 Å². The Bertz CT molecular complexity index is 1130. The predicted octanol–water partition coefficient (Wildman–Crippen LogP) is 3.44. The van der Waals surface area contributed by atoms with Crippen molar-refractivity contribution in [2.24, 2.45) is 0 Å². The number of piperidine rings is 1. The number of anilines is 1. The zero-order valence-corrected chi connectivity index (χ0v) is 19.8. The highest BCUT2D eigenvalue weighted by atomic mass is 79.9. The molecule has 8 nitrogen and oxygen atoms in total. The molecule has 1 fully saturated rings. The molecule has 1 N–H and O–H groups in total. The highest BCUT2D eigenvalue weighted by Crippen LogP contribution is 2.33. The second-order valence-electron chi connectivity index (χ2n) is 6.73. The molecule has 2 aromatic carbocycles. The van der Waals surface area contributed by atoms with Gasteiger partial charge in [0.25, 0.3) is 10.0 Å². The molecule has 164 valence electrons. The highest BCUT2D eigenvalue weighted by molar-refractivity contribution is 9.10. The first-order valence-corrected chi connectivity index (χ1v) is 13.0. The molecular weight excluding hydrogens is 496 g/mol. The molecule has 0 unspecified atom stereocenters. The maximum atomic E-state index is 13.1. The molecule has 0 bridgehead atoms. The number of methoxy groups -OCH3 is 2. The van der Waals surface area contributed by atoms with E-state index in [1.807, 2.05) is 0 Å². The molecule has 11 heteroatoms. The van der Waals surface area contributed by atoms with Gasteiger partial charge in [0, 0.05) is 17.6 Å². The van der Waals surface area contributed by atoms with Gasteiger partial charge in [-0.3, -0.25) is 4.72 Å². The van der Waals surface area contributed by atoms with Crippen LogP contribution in [-0.2, 0) is 20.0 Å². The summed E-state index contributed by atoms with van der Waals surface area (Å²) < 4.78 is 67.0. The zero-order valence-electron chi connectivity index (χ0n) is 16.6. The quantitative estimate of drug-likeness (QED) is 0.602. The lowest BCUT2D eigenvalue weighted by molar-refractivity contribution is 0.343. The highest BCUT2D eigenvalue weighted by Gasteiger charge is 2.30. The Labute approximate surface area is 185 Å². The third kappa shape index (κ3) is 4.74. The van der Waals surface area contributed by atoms with Gasteiger partial charge in [0.15, 0.2) is 0 Å². The largest absolute Gasteiger partial charge is 0.495 e. The number of sulfonamides is 2. The Balaban J connectivity index is 2.00. The minimum absolute atomic E-state index is 0.0735. The molecule has 1 heterocycles. The number of hydrogen-bond donors (Lipinski definition) is 1. The van der Waals surface area contributed by atoms with E-state index in [1.54, 1.807) is 6.07 Å². The number of rotatable bonds is 7. The lowest BCUT2D eigenvalue weighted by Gasteiger charge is -2.26. The van der Waals surface area contributed by atoms with Crippen molar-refractivity contribution in [2.75, 3.05) is 32.0 Å². The summed E-state index contributed by atoms with van der Waals surface area (Å²) in [4.78, 5) is -0.149. The third-order valence-electron chi connectivity index (χ3n) is 4.76. The molecule has 30 heavy (non-hydrogen) atoms. The van der Waals surface area contributed by atoms with E-state index in [1.165, 1.54) is 48.9 Å². The summed E-state index contributed by atoms with van der Waals surface area (Å²) in [6.45, 7) is 0.855. The second-order valence-corrected chi connectivity index (χ2v) is 11.2. The molecule has 0 aromatic heterocycles. The van der Waals surface area contributed by atoms with Crippen LogP contribution in [0.4, 0.5) is 5.69 Å². The van der Waals surface area contributed by atoms with E-state index in [0.717, 1.165) is 19.3 Å². The van der Waals surface area contributed by atoms with Gasteiger partial charge in [0.1, 0.15) is 21.3 Å². The molecule has 1 aliphatic heterocycles. The molecule has 0 saturated carbocycles. The molecule has 0 spiro atoms. The number of nitrogens with one attached hydrogen (secondary N) is 1. The summed E-state index contributed by atoms with van der Waals surface area (Å²) in [6.07, 6.45) is 2.56. The maximum absolute atomic E-state index is 13.1. The van der Waals surface area contributed by atoms with Crippen molar-refractivity contribution in [3.63, 3.8) is 0 Å². The Morgan fingerprint density at radius 3 is 2.10 bits per heavy atom. The van der Waals surface area contributed by atoms with Gasteiger partial charge < -0.3 is 9.47 Å². The van der Waals surface area contributed by atoms with E-state index in [4.69, 9.17) is 9.47 Å². The van der Waals surface area contributed by atoms with Crippen molar-refractivity contribution in [3.05, 3.63) is 40.9 Å². The van der Waals surface area contributed by atoms with Gasteiger partial charge in [-0.1, -0.05) is 22.4 Å². The predicted molar refractivity (Wildman–Crippen MR) is 117 cm³/mol. The second kappa shape index (κ2) is 9.13. The lowest BCUT2D eigenvalue weighted by Crippen LogP contribution is -2.35. The third-order valence-corrected chi connectivity index (χ3v) is 8.58. The number of nitrogens with zero attached hydrogens (tertiary/aromatic N) is 1. The van der Waals surface area contributed by atoms with Crippen molar-refractivity contribution >= 4 is 41.7 Å². The van der Waals surface area contributed by atoms with Gasteiger partial charge in [-0.2, -0.15) is 4.31 Å². The number of ether oxygens (including phenoxy) is 2. The van der Waals surface area contributed by atoms with Crippen LogP contribution in [0, 0.1) is 0 Å². The summed E-state index contributed by atoms with van der Waals surface area (Å²) in [5.41, 5.74) is 0.105. The first-order chi connectivity index (χ1) is 14.2. The smallest absolute Gasteiger partial charge is 0.265 e. The molecule has 2 aromatic rings. The Hall–Kier alpha value is -1.82. The standard InChI is InChI=1S/C19H23BrN2O6S2/c1-27-16-8-6-14(20)12-18(16)29(23,24)21-15-7-9-17(28-2)19(13-15)30(25,26)22-10-4-3-5-11-22/h6-9,12-13,21H,3-5,10-11H2,1-2H3. The molecule has 0 amide bonds. The molecule has 0 radical (unpaired) electrons. The van der Waals surface area contributed by atoms with Crippen LogP contribution in [0.25, 0.3) is 0 Å². The summed E-state index contributed by atoms with van der Waals surface area (Å²) in [5, 5.41) is 0. The SMILES string of the molecule is COc1ccc(Br)cc1S(=O)(=O)Nc1ccc(OC)c(S(=O)(=O)N2CCCCC2)c1. The Morgan fingerprint density at radius 2 is 1.47 bits per heavy atom. The van der Waals surface area contributed by atoms with Gasteiger partial charge in [0.05, 0.1) is 19.9 Å². The van der Waals surface area contributed by atoms with Crippen LogP contribution in [0.5, 0.6) is 11.5 Å². The van der Waals surface area contributed by atoms with E-state index in [2.05, 4.69) is 20.7 Å². The van der Waals surface area contributed by atoms with Gasteiger partial charge in [-0.25, -0.2) is 16.8 Å². The van der Waals surface area contributed by atoms with Crippen molar-refractivity contribution in [3.8, 4) is 11.5 Å². The van der Waals surface area contributed by atoms with Crippen molar-refractivity contribution in [1.82, 2.24) is 4.31 Å². The van der Waals surface area contributed by atoms with E-state index < -0.39 is 20.0 Å². The van der Waals surface area contributed by atoms with Crippen LogP contribution in [0.15, 0.2) is 50.7 Å². The number of benzene rings is 2. The minimum atomic E-state index is -4.04. The number of hydrogen-bond acceptors (Lipinski definition) is 6. The molecule has 3 rings (SSSR count). The molecule has 0 aliphatic carbocycles. The van der Waals surface area contributed by atoms with Gasteiger partial charge in [-0.05, 0) is 49.2 Å². The zero-order chi connectivity index (χ0) is 21.9. The Kier molecular flexibility index (Phi) is 6.95. The summed E-state index contributed by atoms with van der Waals surface area (Å²) >= 11 is 3.25.